The lowest BCUT2D eigenvalue weighted by Crippen LogP contribution is -2.60. The van der Waals surface area contributed by atoms with E-state index in [1.54, 1.807) is 16.8 Å². The monoisotopic (exact) mass is 342 g/mol. The maximum absolute atomic E-state index is 13.1. The van der Waals surface area contributed by atoms with Crippen LogP contribution in [0, 0.1) is 17.2 Å². The molecule has 1 aliphatic heterocycles. The Labute approximate surface area is 146 Å². The molecule has 0 spiro atoms. The molecular weight excluding hydrogens is 319 g/mol. The van der Waals surface area contributed by atoms with Gasteiger partial charge in [0.25, 0.3) is 0 Å². The lowest BCUT2D eigenvalue weighted by molar-refractivity contribution is -0.152. The predicted octanol–water partition coefficient (Wildman–Crippen LogP) is 3.33. The van der Waals surface area contributed by atoms with E-state index in [0.29, 0.717) is 18.9 Å². The summed E-state index contributed by atoms with van der Waals surface area (Å²) in [5.41, 5.74) is 1.46. The van der Waals surface area contributed by atoms with Crippen molar-refractivity contribution < 1.29 is 9.18 Å². The van der Waals surface area contributed by atoms with E-state index in [1.807, 2.05) is 11.1 Å². The number of amides is 1. The Morgan fingerprint density at radius 3 is 2.68 bits per heavy atom. The number of rotatable bonds is 3. The standard InChI is InChI=1S/C19H23FN4O/c1-18(2)13-8-9-19(18,3)23(17(25)10-13)11-15-12-24(22-21-15)16-6-4-14(20)5-7-16/h4-7,12-13H,8-11H2,1-3H3/t13-,19-/m0/s1. The van der Waals surface area contributed by atoms with Crippen LogP contribution in [-0.2, 0) is 11.3 Å². The molecule has 5 nitrogen and oxygen atoms in total. The molecular formula is C19H23FN4O. The molecule has 6 heteroatoms. The van der Waals surface area contributed by atoms with E-state index in [0.717, 1.165) is 24.2 Å². The van der Waals surface area contributed by atoms with Crippen LogP contribution < -0.4 is 0 Å². The topological polar surface area (TPSA) is 51.0 Å². The van der Waals surface area contributed by atoms with Crippen LogP contribution >= 0.6 is 0 Å². The number of piperidine rings is 1. The van der Waals surface area contributed by atoms with Crippen LogP contribution in [-0.4, -0.2) is 31.3 Å². The van der Waals surface area contributed by atoms with Gasteiger partial charge in [0.2, 0.25) is 5.91 Å². The summed E-state index contributed by atoms with van der Waals surface area (Å²) in [5, 5.41) is 8.36. The highest BCUT2D eigenvalue weighted by molar-refractivity contribution is 5.79. The summed E-state index contributed by atoms with van der Waals surface area (Å²) in [6.07, 6.45) is 4.57. The molecule has 4 rings (SSSR count). The van der Waals surface area contributed by atoms with Crippen LogP contribution in [0.2, 0.25) is 0 Å². The molecule has 0 radical (unpaired) electrons. The van der Waals surface area contributed by atoms with Gasteiger partial charge in [-0.3, -0.25) is 4.79 Å². The number of halogens is 1. The van der Waals surface area contributed by atoms with Gasteiger partial charge < -0.3 is 4.90 Å². The van der Waals surface area contributed by atoms with E-state index in [1.165, 1.54) is 12.1 Å². The third-order valence-corrected chi connectivity index (χ3v) is 6.66. The van der Waals surface area contributed by atoms with Crippen LogP contribution in [0.4, 0.5) is 4.39 Å². The van der Waals surface area contributed by atoms with E-state index in [2.05, 4.69) is 31.1 Å². The van der Waals surface area contributed by atoms with Crippen molar-refractivity contribution in [3.63, 3.8) is 0 Å². The first kappa shape index (κ1) is 16.2. The van der Waals surface area contributed by atoms with Gasteiger partial charge in [-0.05, 0) is 55.4 Å². The summed E-state index contributed by atoms with van der Waals surface area (Å²) in [6, 6.07) is 6.11. The fourth-order valence-electron chi connectivity index (χ4n) is 4.53. The molecule has 1 aliphatic carbocycles. The smallest absolute Gasteiger partial charge is 0.223 e. The van der Waals surface area contributed by atoms with Crippen molar-refractivity contribution in [3.05, 3.63) is 42.0 Å². The zero-order chi connectivity index (χ0) is 17.8. The van der Waals surface area contributed by atoms with Crippen molar-refractivity contribution in [2.24, 2.45) is 11.3 Å². The molecule has 2 heterocycles. The number of carbonyl (C=O) groups is 1. The minimum atomic E-state index is -0.283. The summed E-state index contributed by atoms with van der Waals surface area (Å²) in [6.45, 7) is 7.22. The average Bonchev–Trinajstić information content (AvgIpc) is 3.07. The van der Waals surface area contributed by atoms with E-state index >= 15 is 0 Å². The lowest BCUT2D eigenvalue weighted by atomic mass is 9.66. The lowest BCUT2D eigenvalue weighted by Gasteiger charge is -2.52. The Hall–Kier alpha value is -2.24. The number of nitrogens with zero attached hydrogens (tertiary/aromatic N) is 4. The van der Waals surface area contributed by atoms with E-state index in [9.17, 15) is 9.18 Å². The fraction of sp³-hybridized carbons (Fsp3) is 0.526. The van der Waals surface area contributed by atoms with Gasteiger partial charge in [0.05, 0.1) is 18.4 Å². The van der Waals surface area contributed by atoms with Gasteiger partial charge in [-0.2, -0.15) is 0 Å². The zero-order valence-corrected chi connectivity index (χ0v) is 14.9. The maximum Gasteiger partial charge on any atom is 0.223 e. The second kappa shape index (κ2) is 5.38. The van der Waals surface area contributed by atoms with Crippen molar-refractivity contribution in [2.45, 2.75) is 52.1 Å². The molecule has 1 saturated heterocycles. The Kier molecular flexibility index (Phi) is 3.49. The van der Waals surface area contributed by atoms with Gasteiger partial charge in [0.1, 0.15) is 11.5 Å². The predicted molar refractivity (Wildman–Crippen MR) is 91.4 cm³/mol. The molecule has 25 heavy (non-hydrogen) atoms. The van der Waals surface area contributed by atoms with Gasteiger partial charge >= 0.3 is 0 Å². The molecule has 2 fully saturated rings. The quantitative estimate of drug-likeness (QED) is 0.860. The normalized spacial score (nSPS) is 27.8. The van der Waals surface area contributed by atoms with Gasteiger partial charge in [0.15, 0.2) is 0 Å². The highest BCUT2D eigenvalue weighted by Crippen LogP contribution is 2.57. The molecule has 2 aromatic rings. The summed E-state index contributed by atoms with van der Waals surface area (Å²) in [7, 11) is 0. The molecule has 1 aromatic heterocycles. The second-order valence-corrected chi connectivity index (χ2v) is 8.05. The fourth-order valence-corrected chi connectivity index (χ4v) is 4.53. The number of likely N-dealkylation sites (tertiary alicyclic amines) is 1. The van der Waals surface area contributed by atoms with Gasteiger partial charge in [-0.15, -0.1) is 5.10 Å². The zero-order valence-electron chi connectivity index (χ0n) is 14.9. The third kappa shape index (κ3) is 2.38. The van der Waals surface area contributed by atoms with Crippen molar-refractivity contribution in [3.8, 4) is 5.69 Å². The molecule has 0 N–H and O–H groups in total. The molecule has 0 unspecified atom stereocenters. The molecule has 132 valence electrons. The summed E-state index contributed by atoms with van der Waals surface area (Å²) >= 11 is 0. The van der Waals surface area contributed by atoms with Crippen LogP contribution in [0.5, 0.6) is 0 Å². The second-order valence-electron chi connectivity index (χ2n) is 8.05. The first-order chi connectivity index (χ1) is 11.8. The molecule has 2 aliphatic rings. The first-order valence-corrected chi connectivity index (χ1v) is 8.79. The van der Waals surface area contributed by atoms with Crippen LogP contribution in [0.1, 0.15) is 45.7 Å². The van der Waals surface area contributed by atoms with Gasteiger partial charge in [-0.25, -0.2) is 9.07 Å². The summed E-state index contributed by atoms with van der Waals surface area (Å²) in [5.74, 6) is 0.394. The SMILES string of the molecule is CC1(C)[C@H]2CC[C@]1(C)N(Cc1cn(-c3ccc(F)cc3)nn1)C(=O)C2. The van der Waals surface area contributed by atoms with Crippen molar-refractivity contribution in [2.75, 3.05) is 0 Å². The molecule has 1 amide bonds. The number of hydrogen-bond acceptors (Lipinski definition) is 3. The van der Waals surface area contributed by atoms with Crippen molar-refractivity contribution in [1.29, 1.82) is 0 Å². The third-order valence-electron chi connectivity index (χ3n) is 6.66. The summed E-state index contributed by atoms with van der Waals surface area (Å²) in [4.78, 5) is 14.7. The minimum Gasteiger partial charge on any atom is -0.331 e. The average molecular weight is 342 g/mol. The van der Waals surface area contributed by atoms with Crippen molar-refractivity contribution in [1.82, 2.24) is 19.9 Å². The Bertz CT molecular complexity index is 813. The number of benzene rings is 1. The molecule has 2 bridgehead atoms. The van der Waals surface area contributed by atoms with E-state index < -0.39 is 0 Å². The highest BCUT2D eigenvalue weighted by Gasteiger charge is 2.59. The van der Waals surface area contributed by atoms with Crippen LogP contribution in [0.15, 0.2) is 30.5 Å². The van der Waals surface area contributed by atoms with Crippen molar-refractivity contribution >= 4 is 5.91 Å². The number of hydrogen-bond donors (Lipinski definition) is 0. The van der Waals surface area contributed by atoms with Crippen LogP contribution in [0.3, 0.4) is 0 Å². The van der Waals surface area contributed by atoms with Crippen LogP contribution in [0.25, 0.3) is 5.69 Å². The van der Waals surface area contributed by atoms with E-state index in [-0.39, 0.29) is 22.7 Å². The first-order valence-electron chi connectivity index (χ1n) is 8.79. The molecule has 2 atom stereocenters. The molecule has 1 saturated carbocycles. The van der Waals surface area contributed by atoms with Gasteiger partial charge in [0, 0.05) is 12.0 Å². The minimum absolute atomic E-state index is 0.105. The Balaban J connectivity index is 1.60. The highest BCUT2D eigenvalue weighted by atomic mass is 19.1. The Morgan fingerprint density at radius 2 is 1.96 bits per heavy atom. The summed E-state index contributed by atoms with van der Waals surface area (Å²) < 4.78 is 14.7. The number of aromatic nitrogens is 3. The van der Waals surface area contributed by atoms with Gasteiger partial charge in [-0.1, -0.05) is 19.1 Å². The van der Waals surface area contributed by atoms with E-state index in [4.69, 9.17) is 0 Å². The number of fused-ring (bicyclic) bond motifs is 2. The Morgan fingerprint density at radius 1 is 1.24 bits per heavy atom. The molecule has 1 aromatic carbocycles. The largest absolute Gasteiger partial charge is 0.331 e. The maximum atomic E-state index is 13.1. The number of carbonyl (C=O) groups excluding carboxylic acids is 1.